The average Bonchev–Trinajstić information content (AvgIpc) is 3.46. The van der Waals surface area contributed by atoms with Crippen LogP contribution >= 0.6 is 0 Å². The number of carboxylic acid groups (broad SMARTS) is 1. The molecule has 1 aliphatic carbocycles. The van der Waals surface area contributed by atoms with E-state index in [-0.39, 0.29) is 36.6 Å². The number of nitrogens with one attached hydrogen (secondary N) is 2. The molecule has 0 spiro atoms. The van der Waals surface area contributed by atoms with E-state index in [2.05, 4.69) is 15.7 Å². The van der Waals surface area contributed by atoms with Crippen molar-refractivity contribution in [2.45, 2.75) is 57.5 Å². The van der Waals surface area contributed by atoms with Gasteiger partial charge < -0.3 is 30.9 Å². The van der Waals surface area contributed by atoms with Gasteiger partial charge in [-0.2, -0.15) is 5.10 Å². The number of hydrogen-bond donors (Lipinski definition) is 4. The van der Waals surface area contributed by atoms with Crippen LogP contribution in [0.15, 0.2) is 84.9 Å². The molecule has 0 aliphatic heterocycles. The lowest BCUT2D eigenvalue weighted by Crippen LogP contribution is -2.47. The third-order valence-electron chi connectivity index (χ3n) is 7.43. The van der Waals surface area contributed by atoms with E-state index in [1.54, 1.807) is 42.5 Å². The molecule has 1 fully saturated rings. The smallest absolute Gasteiger partial charge is 0.356 e. The average molecular weight is 598 g/mol. The fraction of sp³-hybridized carbons (Fsp3) is 0.273. The van der Waals surface area contributed by atoms with Gasteiger partial charge in [-0.1, -0.05) is 73.5 Å². The topological polar surface area (TPSA) is 158 Å². The largest absolute Gasteiger partial charge is 0.476 e. The Hall–Kier alpha value is -5.16. The van der Waals surface area contributed by atoms with Crippen LogP contribution in [-0.2, 0) is 29.2 Å². The molecule has 0 saturated heterocycles. The lowest BCUT2D eigenvalue weighted by molar-refractivity contribution is -0.124. The van der Waals surface area contributed by atoms with Crippen LogP contribution in [0.1, 0.15) is 57.8 Å². The summed E-state index contributed by atoms with van der Waals surface area (Å²) in [5.74, 6) is -1.31. The summed E-state index contributed by atoms with van der Waals surface area (Å²) >= 11 is 0. The monoisotopic (exact) mass is 597 g/mol. The molecule has 11 nitrogen and oxygen atoms in total. The zero-order valence-corrected chi connectivity index (χ0v) is 24.1. The number of aromatic carboxylic acids is 1. The zero-order chi connectivity index (χ0) is 30.9. The quantitative estimate of drug-likeness (QED) is 0.174. The number of nitrogens with two attached hydrogens (primary N) is 1. The predicted molar refractivity (Wildman–Crippen MR) is 163 cm³/mol. The van der Waals surface area contributed by atoms with Gasteiger partial charge in [0, 0.05) is 18.2 Å². The first-order chi connectivity index (χ1) is 21.4. The summed E-state index contributed by atoms with van der Waals surface area (Å²) in [6.07, 6.45) is 3.38. The first kappa shape index (κ1) is 30.3. The van der Waals surface area contributed by atoms with Gasteiger partial charge in [-0.3, -0.25) is 9.59 Å². The van der Waals surface area contributed by atoms with E-state index in [0.29, 0.717) is 29.4 Å². The van der Waals surface area contributed by atoms with Crippen molar-refractivity contribution in [1.29, 1.82) is 0 Å². The van der Waals surface area contributed by atoms with Crippen molar-refractivity contribution in [3.63, 3.8) is 0 Å². The highest BCUT2D eigenvalue weighted by Gasteiger charge is 2.28. The maximum absolute atomic E-state index is 13.3. The predicted octanol–water partition coefficient (Wildman–Crippen LogP) is 4.53. The molecule has 5 N–H and O–H groups in total. The van der Waals surface area contributed by atoms with Crippen molar-refractivity contribution < 1.29 is 29.0 Å². The molecule has 1 aliphatic rings. The second-order valence-corrected chi connectivity index (χ2v) is 10.6. The number of carbonyl (C=O) groups excluding carboxylic acids is 2. The summed E-state index contributed by atoms with van der Waals surface area (Å²) in [6, 6.07) is 25.0. The van der Waals surface area contributed by atoms with Crippen molar-refractivity contribution in [2.24, 2.45) is 0 Å². The van der Waals surface area contributed by atoms with E-state index in [0.717, 1.165) is 42.0 Å². The van der Waals surface area contributed by atoms with E-state index in [1.165, 1.54) is 0 Å². The van der Waals surface area contributed by atoms with Gasteiger partial charge in [0.05, 0.1) is 24.4 Å². The lowest BCUT2D eigenvalue weighted by atomic mass is 9.92. The minimum atomic E-state index is -1.31. The van der Waals surface area contributed by atoms with Gasteiger partial charge in [0.1, 0.15) is 23.7 Å². The number of ether oxygens (including phenoxy) is 2. The van der Waals surface area contributed by atoms with E-state index in [4.69, 9.17) is 15.2 Å². The molecule has 2 atom stereocenters. The SMILES string of the molecule is Nc1ccccc1Oc1ccccc1CNC(=O)c1cc(C(=O)O)nn1CC(=O)NC1CCCC[C@@H]1OCc1ccccc1. The third kappa shape index (κ3) is 7.81. The van der Waals surface area contributed by atoms with Crippen LogP contribution in [0.5, 0.6) is 11.5 Å². The summed E-state index contributed by atoms with van der Waals surface area (Å²) in [6.45, 7) is 0.186. The highest BCUT2D eigenvalue weighted by Crippen LogP contribution is 2.29. The lowest BCUT2D eigenvalue weighted by Gasteiger charge is -2.32. The molecule has 44 heavy (non-hydrogen) atoms. The number of nitrogen functional groups attached to an aromatic ring is 1. The van der Waals surface area contributed by atoms with Gasteiger partial charge in [0.25, 0.3) is 5.91 Å². The van der Waals surface area contributed by atoms with Crippen molar-refractivity contribution in [2.75, 3.05) is 5.73 Å². The second-order valence-electron chi connectivity index (χ2n) is 10.6. The highest BCUT2D eigenvalue weighted by atomic mass is 16.5. The van der Waals surface area contributed by atoms with Gasteiger partial charge in [-0.05, 0) is 36.6 Å². The summed E-state index contributed by atoms with van der Waals surface area (Å²) in [5.41, 5.74) is 7.81. The molecule has 11 heteroatoms. The fourth-order valence-electron chi connectivity index (χ4n) is 5.16. The van der Waals surface area contributed by atoms with Crippen LogP contribution in [0.2, 0.25) is 0 Å². The number of carbonyl (C=O) groups is 3. The molecular formula is C33H35N5O6. The van der Waals surface area contributed by atoms with Crippen molar-refractivity contribution in [1.82, 2.24) is 20.4 Å². The van der Waals surface area contributed by atoms with Crippen LogP contribution in [0.4, 0.5) is 5.69 Å². The van der Waals surface area contributed by atoms with Crippen LogP contribution in [0.3, 0.4) is 0 Å². The zero-order valence-electron chi connectivity index (χ0n) is 24.1. The van der Waals surface area contributed by atoms with E-state index < -0.39 is 17.8 Å². The summed E-state index contributed by atoms with van der Waals surface area (Å²) < 4.78 is 13.3. The van der Waals surface area contributed by atoms with Gasteiger partial charge in [0.15, 0.2) is 5.69 Å². The van der Waals surface area contributed by atoms with Crippen LogP contribution < -0.4 is 21.1 Å². The fourth-order valence-corrected chi connectivity index (χ4v) is 5.16. The Morgan fingerprint density at radius 2 is 1.64 bits per heavy atom. The molecule has 1 saturated carbocycles. The first-order valence-electron chi connectivity index (χ1n) is 14.5. The van der Waals surface area contributed by atoms with Crippen LogP contribution in [0, 0.1) is 0 Å². The minimum absolute atomic E-state index is 0.0521. The highest BCUT2D eigenvalue weighted by molar-refractivity contribution is 5.96. The van der Waals surface area contributed by atoms with E-state index in [9.17, 15) is 19.5 Å². The van der Waals surface area contributed by atoms with Gasteiger partial charge in [0.2, 0.25) is 5.91 Å². The Kier molecular flexibility index (Phi) is 9.88. The number of para-hydroxylation sites is 3. The third-order valence-corrected chi connectivity index (χ3v) is 7.43. The maximum Gasteiger partial charge on any atom is 0.356 e. The van der Waals surface area contributed by atoms with Crippen molar-refractivity contribution in [3.05, 3.63) is 107 Å². The van der Waals surface area contributed by atoms with Crippen LogP contribution in [0.25, 0.3) is 0 Å². The van der Waals surface area contributed by atoms with Gasteiger partial charge in [-0.25, -0.2) is 9.48 Å². The maximum atomic E-state index is 13.3. The Balaban J connectivity index is 1.24. The normalized spacial score (nSPS) is 16.2. The number of anilines is 1. The first-order valence-corrected chi connectivity index (χ1v) is 14.5. The molecule has 228 valence electrons. The van der Waals surface area contributed by atoms with E-state index >= 15 is 0 Å². The molecule has 1 heterocycles. The van der Waals surface area contributed by atoms with Crippen molar-refractivity contribution >= 4 is 23.5 Å². The standard InChI is InChI=1S/C33H35N5O6/c34-24-13-5-8-16-29(24)44-28-15-7-4-12-23(28)19-35-32(40)27-18-26(33(41)42)37-38(27)20-31(39)36-25-14-6-9-17-30(25)43-21-22-10-2-1-3-11-22/h1-5,7-8,10-13,15-16,18,25,30H,6,9,14,17,19-21,34H2,(H,35,40)(H,36,39)(H,41,42)/t25?,30-/m0/s1. The number of benzene rings is 3. The number of hydrogen-bond acceptors (Lipinski definition) is 7. The number of amides is 2. The summed E-state index contributed by atoms with van der Waals surface area (Å²) in [7, 11) is 0. The molecule has 4 aromatic rings. The molecular weight excluding hydrogens is 562 g/mol. The Morgan fingerprint density at radius 1 is 0.932 bits per heavy atom. The Labute approximate surface area is 255 Å². The molecule has 3 aromatic carbocycles. The van der Waals surface area contributed by atoms with Gasteiger partial charge in [-0.15, -0.1) is 0 Å². The number of nitrogens with zero attached hydrogens (tertiary/aromatic N) is 2. The summed E-state index contributed by atoms with van der Waals surface area (Å²) in [4.78, 5) is 38.1. The number of rotatable bonds is 12. The van der Waals surface area contributed by atoms with E-state index in [1.807, 2.05) is 36.4 Å². The molecule has 1 aromatic heterocycles. The molecule has 0 radical (unpaired) electrons. The molecule has 0 bridgehead atoms. The number of carboxylic acids is 1. The molecule has 1 unspecified atom stereocenters. The van der Waals surface area contributed by atoms with Crippen LogP contribution in [-0.4, -0.2) is 44.8 Å². The van der Waals surface area contributed by atoms with Crippen molar-refractivity contribution in [3.8, 4) is 11.5 Å². The summed E-state index contributed by atoms with van der Waals surface area (Å²) in [5, 5.41) is 19.4. The second kappa shape index (κ2) is 14.3. The Bertz CT molecular complexity index is 1610. The Morgan fingerprint density at radius 3 is 2.41 bits per heavy atom. The minimum Gasteiger partial charge on any atom is -0.476 e. The number of aromatic nitrogens is 2. The van der Waals surface area contributed by atoms with Gasteiger partial charge >= 0.3 is 5.97 Å². The molecule has 2 amide bonds. The molecule has 5 rings (SSSR count).